The number of halogens is 1. The van der Waals surface area contributed by atoms with Crippen LogP contribution in [0.2, 0.25) is 0 Å². The van der Waals surface area contributed by atoms with E-state index < -0.39 is 0 Å². The summed E-state index contributed by atoms with van der Waals surface area (Å²) in [5, 5.41) is 0. The number of imidazole rings is 1. The number of hydrogen-bond acceptors (Lipinski definition) is 2. The van der Waals surface area contributed by atoms with E-state index in [0.29, 0.717) is 12.5 Å². The molecule has 0 aliphatic carbocycles. The molecule has 1 aromatic carbocycles. The fourth-order valence-corrected chi connectivity index (χ4v) is 2.80. The summed E-state index contributed by atoms with van der Waals surface area (Å²) in [6.45, 7) is 6.89. The number of para-hydroxylation sites is 1. The molecule has 0 radical (unpaired) electrons. The number of benzene rings is 1. The van der Waals surface area contributed by atoms with Crippen molar-refractivity contribution < 1.29 is 0 Å². The van der Waals surface area contributed by atoms with Crippen LogP contribution in [-0.2, 0) is 6.54 Å². The van der Waals surface area contributed by atoms with Crippen molar-refractivity contribution >= 4 is 41.0 Å². The van der Waals surface area contributed by atoms with Crippen LogP contribution in [0.1, 0.15) is 31.2 Å². The van der Waals surface area contributed by atoms with E-state index in [-0.39, 0.29) is 24.0 Å². The van der Waals surface area contributed by atoms with Gasteiger partial charge in [0.1, 0.15) is 12.4 Å². The lowest BCUT2D eigenvalue weighted by Crippen LogP contribution is -2.42. The summed E-state index contributed by atoms with van der Waals surface area (Å²) in [4.78, 5) is 14.6. The molecule has 0 atom stereocenters. The Morgan fingerprint density at radius 2 is 2.14 bits per heavy atom. The first-order valence-corrected chi connectivity index (χ1v) is 7.62. The number of nitrogens with zero attached hydrogens (tertiary/aromatic N) is 3. The van der Waals surface area contributed by atoms with E-state index in [4.69, 9.17) is 5.73 Å². The van der Waals surface area contributed by atoms with Crippen LogP contribution in [0.15, 0.2) is 23.2 Å². The molecule has 1 saturated heterocycles. The number of hydrogen-bond donors (Lipinski definition) is 2. The van der Waals surface area contributed by atoms with Crippen LogP contribution in [0, 0.1) is 12.8 Å². The lowest BCUT2D eigenvalue weighted by atomic mass is 10.00. The second kappa shape index (κ2) is 7.30. The van der Waals surface area contributed by atoms with Gasteiger partial charge in [0, 0.05) is 13.1 Å². The predicted molar refractivity (Wildman–Crippen MR) is 102 cm³/mol. The van der Waals surface area contributed by atoms with E-state index in [1.165, 1.54) is 18.4 Å². The first-order valence-electron chi connectivity index (χ1n) is 7.62. The van der Waals surface area contributed by atoms with Gasteiger partial charge in [-0.1, -0.05) is 19.1 Å². The van der Waals surface area contributed by atoms with Crippen molar-refractivity contribution in [1.29, 1.82) is 0 Å². The highest BCUT2D eigenvalue weighted by Crippen LogP contribution is 2.17. The first kappa shape index (κ1) is 17.1. The molecule has 1 fully saturated rings. The number of nitrogens with one attached hydrogen (secondary N) is 1. The molecule has 120 valence electrons. The second-order valence-electron chi connectivity index (χ2n) is 6.00. The highest BCUT2D eigenvalue weighted by Gasteiger charge is 2.17. The fourth-order valence-electron chi connectivity index (χ4n) is 2.80. The third-order valence-electron chi connectivity index (χ3n) is 4.26. The van der Waals surface area contributed by atoms with Crippen molar-refractivity contribution in [3.8, 4) is 0 Å². The van der Waals surface area contributed by atoms with Gasteiger partial charge in [-0.3, -0.25) is 0 Å². The molecule has 3 rings (SSSR count). The molecule has 0 amide bonds. The Morgan fingerprint density at radius 1 is 1.41 bits per heavy atom. The van der Waals surface area contributed by atoms with Gasteiger partial charge in [-0.25, -0.2) is 9.98 Å². The van der Waals surface area contributed by atoms with E-state index >= 15 is 0 Å². The molecule has 0 unspecified atom stereocenters. The largest absolute Gasteiger partial charge is 0.370 e. The number of piperidine rings is 1. The van der Waals surface area contributed by atoms with Gasteiger partial charge in [0.15, 0.2) is 5.96 Å². The first-order chi connectivity index (χ1) is 10.1. The van der Waals surface area contributed by atoms with Crippen LogP contribution in [0.25, 0.3) is 11.0 Å². The SMILES string of the molecule is Cc1cccc2[nH]c(CN=C(N)N3CCC(C)CC3)nc12.I. The summed E-state index contributed by atoms with van der Waals surface area (Å²) in [5.74, 6) is 2.30. The summed E-state index contributed by atoms with van der Waals surface area (Å²) >= 11 is 0. The Hall–Kier alpha value is -1.31. The van der Waals surface area contributed by atoms with Crippen molar-refractivity contribution in [1.82, 2.24) is 14.9 Å². The van der Waals surface area contributed by atoms with Crippen LogP contribution >= 0.6 is 24.0 Å². The number of aromatic nitrogens is 2. The van der Waals surface area contributed by atoms with Crippen LogP contribution in [0.3, 0.4) is 0 Å². The molecule has 2 aromatic rings. The zero-order valence-electron chi connectivity index (χ0n) is 13.2. The number of guanidine groups is 1. The molecule has 22 heavy (non-hydrogen) atoms. The maximum Gasteiger partial charge on any atom is 0.191 e. The molecular formula is C16H24IN5. The van der Waals surface area contributed by atoms with Crippen LogP contribution in [0.4, 0.5) is 0 Å². The smallest absolute Gasteiger partial charge is 0.191 e. The lowest BCUT2D eigenvalue weighted by Gasteiger charge is -2.30. The highest BCUT2D eigenvalue weighted by molar-refractivity contribution is 14.0. The Kier molecular flexibility index (Phi) is 5.66. The summed E-state index contributed by atoms with van der Waals surface area (Å²) in [7, 11) is 0. The van der Waals surface area contributed by atoms with Crippen LogP contribution in [0.5, 0.6) is 0 Å². The molecule has 0 bridgehead atoms. The van der Waals surface area contributed by atoms with Gasteiger partial charge in [-0.2, -0.15) is 0 Å². The lowest BCUT2D eigenvalue weighted by molar-refractivity contribution is 0.277. The van der Waals surface area contributed by atoms with E-state index in [1.807, 2.05) is 12.1 Å². The van der Waals surface area contributed by atoms with E-state index in [9.17, 15) is 0 Å². The van der Waals surface area contributed by atoms with E-state index in [0.717, 1.165) is 35.9 Å². The summed E-state index contributed by atoms with van der Waals surface area (Å²) in [5.41, 5.74) is 9.36. The predicted octanol–water partition coefficient (Wildman–Crippen LogP) is 3.04. The third kappa shape index (κ3) is 3.71. The second-order valence-corrected chi connectivity index (χ2v) is 6.00. The van der Waals surface area contributed by atoms with E-state index in [1.54, 1.807) is 0 Å². The number of aliphatic imine (C=N–C) groups is 1. The standard InChI is InChI=1S/C16H23N5.HI/c1-11-6-8-21(9-7-11)16(17)18-10-14-19-13-5-3-4-12(2)15(13)20-14;/h3-5,11H,6-10H2,1-2H3,(H2,17,18)(H,19,20);1H. The number of rotatable bonds is 2. The molecule has 5 nitrogen and oxygen atoms in total. The molecule has 0 saturated carbocycles. The number of fused-ring (bicyclic) bond motifs is 1. The number of likely N-dealkylation sites (tertiary alicyclic amines) is 1. The molecule has 1 aliphatic rings. The molecule has 3 N–H and O–H groups in total. The number of aromatic amines is 1. The normalized spacial score (nSPS) is 16.8. The van der Waals surface area contributed by atoms with Gasteiger partial charge in [-0.05, 0) is 37.3 Å². The average molecular weight is 413 g/mol. The summed E-state index contributed by atoms with van der Waals surface area (Å²) < 4.78 is 0. The Bertz CT molecular complexity index is 656. The van der Waals surface area contributed by atoms with Crippen molar-refractivity contribution in [2.45, 2.75) is 33.2 Å². The molecule has 2 heterocycles. The van der Waals surface area contributed by atoms with Crippen LogP contribution < -0.4 is 5.73 Å². The molecular weight excluding hydrogens is 389 g/mol. The topological polar surface area (TPSA) is 70.3 Å². The fraction of sp³-hybridized carbons (Fsp3) is 0.500. The Morgan fingerprint density at radius 3 is 2.82 bits per heavy atom. The summed E-state index contributed by atoms with van der Waals surface area (Å²) in [6, 6.07) is 6.14. The van der Waals surface area contributed by atoms with Gasteiger partial charge in [-0.15, -0.1) is 24.0 Å². The van der Waals surface area contributed by atoms with Gasteiger partial charge in [0.05, 0.1) is 11.0 Å². The van der Waals surface area contributed by atoms with Gasteiger partial charge >= 0.3 is 0 Å². The van der Waals surface area contributed by atoms with Crippen molar-refractivity contribution in [2.24, 2.45) is 16.6 Å². The molecule has 0 spiro atoms. The maximum atomic E-state index is 6.10. The van der Waals surface area contributed by atoms with Gasteiger partial charge in [0.2, 0.25) is 0 Å². The maximum absolute atomic E-state index is 6.10. The molecule has 6 heteroatoms. The molecule has 1 aliphatic heterocycles. The van der Waals surface area contributed by atoms with Crippen molar-refractivity contribution in [3.63, 3.8) is 0 Å². The number of H-pyrrole nitrogens is 1. The van der Waals surface area contributed by atoms with Crippen molar-refractivity contribution in [2.75, 3.05) is 13.1 Å². The quantitative estimate of drug-likeness (QED) is 0.452. The highest BCUT2D eigenvalue weighted by atomic mass is 127. The Labute approximate surface area is 148 Å². The third-order valence-corrected chi connectivity index (χ3v) is 4.26. The summed E-state index contributed by atoms with van der Waals surface area (Å²) in [6.07, 6.45) is 2.39. The zero-order chi connectivity index (χ0) is 14.8. The minimum absolute atomic E-state index is 0. The van der Waals surface area contributed by atoms with Crippen LogP contribution in [-0.4, -0.2) is 33.9 Å². The molecule has 1 aromatic heterocycles. The van der Waals surface area contributed by atoms with Gasteiger partial charge in [0.25, 0.3) is 0 Å². The number of nitrogens with two attached hydrogens (primary N) is 1. The zero-order valence-corrected chi connectivity index (χ0v) is 15.5. The van der Waals surface area contributed by atoms with Gasteiger partial charge < -0.3 is 15.6 Å². The minimum atomic E-state index is 0. The average Bonchev–Trinajstić information content (AvgIpc) is 2.90. The number of aryl methyl sites for hydroxylation is 1. The van der Waals surface area contributed by atoms with Crippen molar-refractivity contribution in [3.05, 3.63) is 29.6 Å². The Balaban J connectivity index is 0.00000176. The minimum Gasteiger partial charge on any atom is -0.370 e. The monoisotopic (exact) mass is 413 g/mol. The van der Waals surface area contributed by atoms with E-state index in [2.05, 4.69) is 39.8 Å².